The van der Waals surface area contributed by atoms with E-state index in [0.29, 0.717) is 17.4 Å². The van der Waals surface area contributed by atoms with Gasteiger partial charge in [-0.2, -0.15) is 0 Å². The molecule has 1 N–H and O–H groups in total. The summed E-state index contributed by atoms with van der Waals surface area (Å²) in [6.45, 7) is 12.2. The molecule has 19 heavy (non-hydrogen) atoms. The minimum atomic E-state index is -0.902. The molecule has 0 aliphatic heterocycles. The van der Waals surface area contributed by atoms with Gasteiger partial charge in [0.25, 0.3) is 0 Å². The molecule has 0 atom stereocenters. The van der Waals surface area contributed by atoms with Crippen LogP contribution < -0.4 is 4.90 Å². The lowest BCUT2D eigenvalue weighted by atomic mass is 10.1. The lowest BCUT2D eigenvalue weighted by Crippen LogP contribution is -2.32. The summed E-state index contributed by atoms with van der Waals surface area (Å²) >= 11 is 0. The van der Waals surface area contributed by atoms with Crippen molar-refractivity contribution in [2.24, 2.45) is 11.8 Å². The van der Waals surface area contributed by atoms with Crippen molar-refractivity contribution in [2.45, 2.75) is 34.6 Å². The van der Waals surface area contributed by atoms with E-state index in [1.807, 2.05) is 6.92 Å². The predicted octanol–water partition coefficient (Wildman–Crippen LogP) is 3.21. The number of hydrogen-bond acceptors (Lipinski definition) is 3. The van der Waals surface area contributed by atoms with Crippen LogP contribution in [0.1, 0.15) is 43.7 Å². The number of carboxylic acid groups (broad SMARTS) is 1. The highest BCUT2D eigenvalue weighted by Gasteiger charge is 2.15. The number of aromatic carboxylic acids is 1. The molecule has 0 aliphatic rings. The minimum Gasteiger partial charge on any atom is -0.478 e. The van der Waals surface area contributed by atoms with Crippen molar-refractivity contribution in [3.63, 3.8) is 0 Å². The first-order valence-electron chi connectivity index (χ1n) is 6.76. The summed E-state index contributed by atoms with van der Waals surface area (Å²) in [5.74, 6) is 0.879. The fraction of sp³-hybridized carbons (Fsp3) is 0.600. The van der Waals surface area contributed by atoms with Crippen molar-refractivity contribution in [1.29, 1.82) is 0 Å². The first-order valence-corrected chi connectivity index (χ1v) is 6.76. The summed E-state index contributed by atoms with van der Waals surface area (Å²) in [7, 11) is 0. The molecule has 1 aromatic heterocycles. The molecular formula is C15H24N2O2. The lowest BCUT2D eigenvalue weighted by Gasteiger charge is -2.28. The van der Waals surface area contributed by atoms with Crippen LogP contribution in [0.3, 0.4) is 0 Å². The van der Waals surface area contributed by atoms with Gasteiger partial charge in [0.05, 0.1) is 5.56 Å². The van der Waals surface area contributed by atoms with Crippen LogP contribution in [-0.4, -0.2) is 29.1 Å². The molecule has 4 heteroatoms. The lowest BCUT2D eigenvalue weighted by molar-refractivity contribution is 0.0696. The molecule has 0 saturated heterocycles. The average Bonchev–Trinajstić information content (AvgIpc) is 2.25. The van der Waals surface area contributed by atoms with E-state index in [9.17, 15) is 4.79 Å². The van der Waals surface area contributed by atoms with Gasteiger partial charge in [-0.1, -0.05) is 27.7 Å². The smallest absolute Gasteiger partial charge is 0.335 e. The highest BCUT2D eigenvalue weighted by molar-refractivity contribution is 5.88. The summed E-state index contributed by atoms with van der Waals surface area (Å²) < 4.78 is 0. The Bertz CT molecular complexity index is 432. The third-order valence-electron chi connectivity index (χ3n) is 2.68. The molecule has 0 bridgehead atoms. The van der Waals surface area contributed by atoms with E-state index in [-0.39, 0.29) is 0 Å². The molecule has 0 radical (unpaired) electrons. The largest absolute Gasteiger partial charge is 0.478 e. The van der Waals surface area contributed by atoms with Crippen molar-refractivity contribution in [1.82, 2.24) is 4.98 Å². The van der Waals surface area contributed by atoms with Crippen LogP contribution in [0, 0.1) is 18.8 Å². The van der Waals surface area contributed by atoms with E-state index >= 15 is 0 Å². The first-order chi connectivity index (χ1) is 8.79. The van der Waals surface area contributed by atoms with E-state index in [0.717, 1.165) is 24.6 Å². The Morgan fingerprint density at radius 1 is 1.21 bits per heavy atom. The third-order valence-corrected chi connectivity index (χ3v) is 2.68. The van der Waals surface area contributed by atoms with Gasteiger partial charge in [-0.05, 0) is 30.9 Å². The number of pyridine rings is 1. The molecule has 0 spiro atoms. The van der Waals surface area contributed by atoms with Crippen molar-refractivity contribution in [3.05, 3.63) is 23.4 Å². The Morgan fingerprint density at radius 2 is 1.74 bits per heavy atom. The van der Waals surface area contributed by atoms with Crippen LogP contribution in [0.4, 0.5) is 5.82 Å². The third kappa shape index (κ3) is 4.89. The van der Waals surface area contributed by atoms with Gasteiger partial charge in [0.1, 0.15) is 5.82 Å². The van der Waals surface area contributed by atoms with Gasteiger partial charge >= 0.3 is 5.97 Å². The molecule has 1 rings (SSSR count). The Balaban J connectivity index is 3.09. The molecule has 1 heterocycles. The number of anilines is 1. The maximum atomic E-state index is 11.1. The zero-order valence-corrected chi connectivity index (χ0v) is 12.5. The van der Waals surface area contributed by atoms with Crippen LogP contribution in [0.15, 0.2) is 12.1 Å². The molecule has 106 valence electrons. The van der Waals surface area contributed by atoms with Gasteiger partial charge in [0.2, 0.25) is 0 Å². The molecule has 0 amide bonds. The molecule has 0 unspecified atom stereocenters. The van der Waals surface area contributed by atoms with E-state index in [1.165, 1.54) is 0 Å². The highest BCUT2D eigenvalue weighted by atomic mass is 16.4. The SMILES string of the molecule is Cc1cc(C(=O)O)cc(N(CC(C)C)CC(C)C)n1. The average molecular weight is 264 g/mol. The normalized spacial score (nSPS) is 11.1. The molecular weight excluding hydrogens is 240 g/mol. The Labute approximate surface area is 115 Å². The fourth-order valence-corrected chi connectivity index (χ4v) is 2.08. The quantitative estimate of drug-likeness (QED) is 0.857. The van der Waals surface area contributed by atoms with Gasteiger partial charge < -0.3 is 10.0 Å². The topological polar surface area (TPSA) is 53.4 Å². The Hall–Kier alpha value is -1.58. The standard InChI is InChI=1S/C15H24N2O2/c1-10(2)8-17(9-11(3)4)14-7-13(15(18)19)6-12(5)16-14/h6-7,10-11H,8-9H2,1-5H3,(H,18,19). The number of nitrogens with zero attached hydrogens (tertiary/aromatic N) is 2. The van der Waals surface area contributed by atoms with Crippen LogP contribution in [0.25, 0.3) is 0 Å². The predicted molar refractivity (Wildman–Crippen MR) is 77.8 cm³/mol. The Morgan fingerprint density at radius 3 is 2.16 bits per heavy atom. The number of carbonyl (C=O) groups is 1. The zero-order chi connectivity index (χ0) is 14.6. The second-order valence-electron chi connectivity index (χ2n) is 5.85. The zero-order valence-electron chi connectivity index (χ0n) is 12.5. The monoisotopic (exact) mass is 264 g/mol. The number of carboxylic acids is 1. The van der Waals surface area contributed by atoms with Crippen molar-refractivity contribution in [3.8, 4) is 0 Å². The van der Waals surface area contributed by atoms with Crippen LogP contribution in [-0.2, 0) is 0 Å². The number of rotatable bonds is 6. The Kier molecular flexibility index (Phi) is 5.33. The molecule has 4 nitrogen and oxygen atoms in total. The summed E-state index contributed by atoms with van der Waals surface area (Å²) in [5, 5.41) is 9.13. The van der Waals surface area contributed by atoms with Crippen molar-refractivity contribution < 1.29 is 9.90 Å². The van der Waals surface area contributed by atoms with Crippen molar-refractivity contribution in [2.75, 3.05) is 18.0 Å². The summed E-state index contributed by atoms with van der Waals surface area (Å²) in [5.41, 5.74) is 1.05. The first kappa shape index (κ1) is 15.5. The maximum absolute atomic E-state index is 11.1. The van der Waals surface area contributed by atoms with Gasteiger partial charge in [0.15, 0.2) is 0 Å². The van der Waals surface area contributed by atoms with Crippen LogP contribution in [0.5, 0.6) is 0 Å². The second-order valence-corrected chi connectivity index (χ2v) is 5.85. The molecule has 0 aromatic carbocycles. The highest BCUT2D eigenvalue weighted by Crippen LogP contribution is 2.18. The van der Waals surface area contributed by atoms with E-state index in [2.05, 4.69) is 37.6 Å². The van der Waals surface area contributed by atoms with E-state index in [1.54, 1.807) is 12.1 Å². The van der Waals surface area contributed by atoms with Gasteiger partial charge in [-0.15, -0.1) is 0 Å². The van der Waals surface area contributed by atoms with Crippen LogP contribution in [0.2, 0.25) is 0 Å². The molecule has 1 aromatic rings. The summed E-state index contributed by atoms with van der Waals surface area (Å²) in [6.07, 6.45) is 0. The molecule has 0 aliphatic carbocycles. The molecule has 0 fully saturated rings. The van der Waals surface area contributed by atoms with Crippen molar-refractivity contribution >= 4 is 11.8 Å². The minimum absolute atomic E-state index is 0.306. The second kappa shape index (κ2) is 6.55. The summed E-state index contributed by atoms with van der Waals surface area (Å²) in [6, 6.07) is 3.27. The number of hydrogen-bond donors (Lipinski definition) is 1. The van der Waals surface area contributed by atoms with Gasteiger partial charge in [-0.3, -0.25) is 0 Å². The van der Waals surface area contributed by atoms with E-state index in [4.69, 9.17) is 5.11 Å². The van der Waals surface area contributed by atoms with Crippen LogP contribution >= 0.6 is 0 Å². The fourth-order valence-electron chi connectivity index (χ4n) is 2.08. The van der Waals surface area contributed by atoms with E-state index < -0.39 is 5.97 Å². The summed E-state index contributed by atoms with van der Waals surface area (Å²) in [4.78, 5) is 17.8. The van der Waals surface area contributed by atoms with Gasteiger partial charge in [0, 0.05) is 18.8 Å². The van der Waals surface area contributed by atoms with Gasteiger partial charge in [-0.25, -0.2) is 9.78 Å². The number of aryl methyl sites for hydroxylation is 1. The maximum Gasteiger partial charge on any atom is 0.335 e. The number of aromatic nitrogens is 1. The molecule has 0 saturated carbocycles.